The largest absolute Gasteiger partial charge is 0.383 e. The van der Waals surface area contributed by atoms with Gasteiger partial charge in [0.05, 0.1) is 17.3 Å². The van der Waals surface area contributed by atoms with Crippen molar-refractivity contribution in [1.82, 2.24) is 9.55 Å². The number of anilines is 2. The predicted molar refractivity (Wildman–Crippen MR) is 73.6 cm³/mol. The first-order chi connectivity index (χ1) is 8.70. The van der Waals surface area contributed by atoms with Crippen LogP contribution in [0.3, 0.4) is 0 Å². The van der Waals surface area contributed by atoms with Gasteiger partial charge in [0.25, 0.3) is 0 Å². The lowest BCUT2D eigenvalue weighted by molar-refractivity contribution is 0.188. The summed E-state index contributed by atoms with van der Waals surface area (Å²) >= 11 is 6.18. The number of hydrogen-bond acceptors (Lipinski definition) is 3. The van der Waals surface area contributed by atoms with E-state index in [4.69, 9.17) is 16.3 Å². The molecule has 0 bridgehead atoms. The van der Waals surface area contributed by atoms with Crippen molar-refractivity contribution in [1.29, 1.82) is 0 Å². The Labute approximate surface area is 112 Å². The minimum atomic E-state index is 0.646. The van der Waals surface area contributed by atoms with Crippen LogP contribution in [0.1, 0.15) is 5.56 Å². The van der Waals surface area contributed by atoms with Crippen LogP contribution in [-0.2, 0) is 11.3 Å². The van der Waals surface area contributed by atoms with Gasteiger partial charge in [0, 0.05) is 26.0 Å². The fourth-order valence-electron chi connectivity index (χ4n) is 1.65. The summed E-state index contributed by atoms with van der Waals surface area (Å²) in [6, 6.07) is 5.88. The van der Waals surface area contributed by atoms with Crippen LogP contribution in [0.4, 0.5) is 11.6 Å². The number of imidazole rings is 1. The first-order valence-electron chi connectivity index (χ1n) is 5.74. The maximum absolute atomic E-state index is 6.18. The Hall–Kier alpha value is -1.52. The number of aromatic nitrogens is 2. The number of ether oxygens (including phenoxy) is 1. The van der Waals surface area contributed by atoms with Gasteiger partial charge >= 0.3 is 0 Å². The topological polar surface area (TPSA) is 39.1 Å². The molecule has 0 aliphatic heterocycles. The van der Waals surface area contributed by atoms with Crippen molar-refractivity contribution in [2.24, 2.45) is 0 Å². The van der Waals surface area contributed by atoms with E-state index in [1.165, 1.54) is 0 Å². The highest BCUT2D eigenvalue weighted by molar-refractivity contribution is 6.33. The zero-order valence-electron chi connectivity index (χ0n) is 10.5. The summed E-state index contributed by atoms with van der Waals surface area (Å²) in [5.41, 5.74) is 1.99. The molecule has 0 aliphatic carbocycles. The fraction of sp³-hybridized carbons (Fsp3) is 0.308. The van der Waals surface area contributed by atoms with Gasteiger partial charge in [-0.2, -0.15) is 0 Å². The third-order valence-corrected chi connectivity index (χ3v) is 2.94. The van der Waals surface area contributed by atoms with Crippen LogP contribution in [0, 0.1) is 6.92 Å². The Morgan fingerprint density at radius 2 is 2.28 bits per heavy atom. The monoisotopic (exact) mass is 265 g/mol. The molecule has 0 unspecified atom stereocenters. The van der Waals surface area contributed by atoms with E-state index >= 15 is 0 Å². The van der Waals surface area contributed by atoms with Gasteiger partial charge in [0.1, 0.15) is 0 Å². The molecule has 5 heteroatoms. The molecule has 0 spiro atoms. The van der Waals surface area contributed by atoms with E-state index in [2.05, 4.69) is 10.3 Å². The predicted octanol–water partition coefficient (Wildman–Crippen LogP) is 3.23. The molecule has 0 fully saturated rings. The van der Waals surface area contributed by atoms with Gasteiger partial charge in [0.15, 0.2) is 0 Å². The highest BCUT2D eigenvalue weighted by Gasteiger charge is 2.05. The quantitative estimate of drug-likeness (QED) is 0.902. The Bertz CT molecular complexity index is 525. The van der Waals surface area contributed by atoms with Gasteiger partial charge in [-0.3, -0.25) is 0 Å². The van der Waals surface area contributed by atoms with Gasteiger partial charge in [0.2, 0.25) is 5.95 Å². The van der Waals surface area contributed by atoms with Gasteiger partial charge in [-0.05, 0) is 24.6 Å². The number of methoxy groups -OCH3 is 1. The standard InChI is InChI=1S/C13H16ClN3O/c1-10-3-4-12(11(14)9-10)16-13-15-5-6-17(13)7-8-18-2/h3-6,9H,7-8H2,1-2H3,(H,15,16). The first-order valence-corrected chi connectivity index (χ1v) is 6.12. The molecule has 96 valence electrons. The second-order valence-electron chi connectivity index (χ2n) is 4.05. The van der Waals surface area contributed by atoms with E-state index in [0.717, 1.165) is 23.7 Å². The Balaban J connectivity index is 2.15. The lowest BCUT2D eigenvalue weighted by atomic mass is 10.2. The third kappa shape index (κ3) is 3.03. The van der Waals surface area contributed by atoms with Gasteiger partial charge < -0.3 is 14.6 Å². The summed E-state index contributed by atoms with van der Waals surface area (Å²) in [4.78, 5) is 4.27. The molecule has 18 heavy (non-hydrogen) atoms. The third-order valence-electron chi connectivity index (χ3n) is 2.62. The smallest absolute Gasteiger partial charge is 0.207 e. The van der Waals surface area contributed by atoms with E-state index in [-0.39, 0.29) is 0 Å². The zero-order valence-corrected chi connectivity index (χ0v) is 11.2. The van der Waals surface area contributed by atoms with Gasteiger partial charge in [-0.15, -0.1) is 0 Å². The van der Waals surface area contributed by atoms with Crippen molar-refractivity contribution < 1.29 is 4.74 Å². The molecule has 1 aromatic heterocycles. The zero-order chi connectivity index (χ0) is 13.0. The van der Waals surface area contributed by atoms with Crippen LogP contribution in [0.25, 0.3) is 0 Å². The lowest BCUT2D eigenvalue weighted by Crippen LogP contribution is -2.07. The minimum Gasteiger partial charge on any atom is -0.383 e. The molecule has 2 aromatic rings. The molecular weight excluding hydrogens is 250 g/mol. The van der Waals surface area contributed by atoms with Crippen LogP contribution in [-0.4, -0.2) is 23.3 Å². The van der Waals surface area contributed by atoms with Crippen LogP contribution >= 0.6 is 11.6 Å². The highest BCUT2D eigenvalue weighted by atomic mass is 35.5. The minimum absolute atomic E-state index is 0.646. The van der Waals surface area contributed by atoms with Crippen molar-refractivity contribution in [3.05, 3.63) is 41.2 Å². The molecule has 0 amide bonds. The molecule has 0 radical (unpaired) electrons. The average molecular weight is 266 g/mol. The Kier molecular flexibility index (Phi) is 4.23. The van der Waals surface area contributed by atoms with Crippen LogP contribution in [0.15, 0.2) is 30.6 Å². The summed E-state index contributed by atoms with van der Waals surface area (Å²) in [5, 5.41) is 3.91. The normalized spacial score (nSPS) is 10.6. The van der Waals surface area contributed by atoms with Gasteiger partial charge in [-0.1, -0.05) is 17.7 Å². The molecule has 0 aliphatic rings. The maximum atomic E-state index is 6.18. The summed E-state index contributed by atoms with van der Waals surface area (Å²) in [5.74, 6) is 0.762. The summed E-state index contributed by atoms with van der Waals surface area (Å²) in [6.45, 7) is 3.41. The molecule has 1 N–H and O–H groups in total. The second kappa shape index (κ2) is 5.89. The van der Waals surface area contributed by atoms with Crippen molar-refractivity contribution in [2.75, 3.05) is 19.0 Å². The molecule has 1 aromatic carbocycles. The molecule has 0 atom stereocenters. The van der Waals surface area contributed by atoms with Crippen LogP contribution in [0.2, 0.25) is 5.02 Å². The molecule has 4 nitrogen and oxygen atoms in total. The number of nitrogens with one attached hydrogen (secondary N) is 1. The van der Waals surface area contributed by atoms with Gasteiger partial charge in [-0.25, -0.2) is 4.98 Å². The van der Waals surface area contributed by atoms with Crippen molar-refractivity contribution in [3.63, 3.8) is 0 Å². The van der Waals surface area contributed by atoms with Crippen molar-refractivity contribution in [3.8, 4) is 0 Å². The van der Waals surface area contributed by atoms with E-state index < -0.39 is 0 Å². The number of hydrogen-bond donors (Lipinski definition) is 1. The van der Waals surface area contributed by atoms with E-state index in [0.29, 0.717) is 11.6 Å². The lowest BCUT2D eigenvalue weighted by Gasteiger charge is -2.11. The molecule has 0 saturated carbocycles. The van der Waals surface area contributed by atoms with Crippen molar-refractivity contribution in [2.45, 2.75) is 13.5 Å². The summed E-state index contributed by atoms with van der Waals surface area (Å²) in [6.07, 6.45) is 3.66. The number of aryl methyl sites for hydroxylation is 1. The second-order valence-corrected chi connectivity index (χ2v) is 4.45. The van der Waals surface area contributed by atoms with Crippen molar-refractivity contribution >= 4 is 23.2 Å². The Morgan fingerprint density at radius 1 is 1.44 bits per heavy atom. The SMILES string of the molecule is COCCn1ccnc1Nc1ccc(C)cc1Cl. The summed E-state index contributed by atoms with van der Waals surface area (Å²) in [7, 11) is 1.68. The number of halogens is 1. The Morgan fingerprint density at radius 3 is 3.00 bits per heavy atom. The number of rotatable bonds is 5. The molecular formula is C13H16ClN3O. The van der Waals surface area contributed by atoms with Crippen LogP contribution < -0.4 is 5.32 Å². The fourth-order valence-corrected chi connectivity index (χ4v) is 1.93. The van der Waals surface area contributed by atoms with Crippen LogP contribution in [0.5, 0.6) is 0 Å². The highest BCUT2D eigenvalue weighted by Crippen LogP contribution is 2.25. The summed E-state index contributed by atoms with van der Waals surface area (Å²) < 4.78 is 7.04. The number of nitrogens with zero attached hydrogens (tertiary/aromatic N) is 2. The molecule has 1 heterocycles. The maximum Gasteiger partial charge on any atom is 0.207 e. The van der Waals surface area contributed by atoms with E-state index in [1.807, 2.05) is 35.9 Å². The molecule has 2 rings (SSSR count). The van der Waals surface area contributed by atoms with E-state index in [1.54, 1.807) is 13.3 Å². The molecule has 0 saturated heterocycles. The van der Waals surface area contributed by atoms with E-state index in [9.17, 15) is 0 Å². The first kappa shape index (κ1) is 12.9. The number of benzene rings is 1. The average Bonchev–Trinajstić information content (AvgIpc) is 2.77.